The molecule has 0 aromatic carbocycles. The molecule has 3 rings (SSSR count). The van der Waals surface area contributed by atoms with Gasteiger partial charge in [0.2, 0.25) is 0 Å². The molecule has 5 nitrogen and oxygen atoms in total. The number of ether oxygens (including phenoxy) is 1. The van der Waals surface area contributed by atoms with Crippen LogP contribution in [0.3, 0.4) is 0 Å². The van der Waals surface area contributed by atoms with Crippen molar-refractivity contribution in [2.24, 2.45) is 5.92 Å². The lowest BCUT2D eigenvalue weighted by Gasteiger charge is -2.24. The summed E-state index contributed by atoms with van der Waals surface area (Å²) < 4.78 is 5.51. The maximum absolute atomic E-state index is 5.51. The zero-order chi connectivity index (χ0) is 10.1. The van der Waals surface area contributed by atoms with Gasteiger partial charge in [0.25, 0.3) is 0 Å². The van der Waals surface area contributed by atoms with E-state index in [1.807, 2.05) is 0 Å². The molecular weight excluding hydrogens is 192 g/mol. The summed E-state index contributed by atoms with van der Waals surface area (Å²) in [5.41, 5.74) is 1.50. The van der Waals surface area contributed by atoms with E-state index < -0.39 is 0 Å². The maximum atomic E-state index is 5.51. The number of aromatic amines is 1. The average molecular weight is 204 g/mol. The van der Waals surface area contributed by atoms with Crippen LogP contribution in [0.15, 0.2) is 12.5 Å². The Morgan fingerprint density at radius 2 is 2.33 bits per heavy atom. The fourth-order valence-electron chi connectivity index (χ4n) is 1.64. The third-order valence-corrected chi connectivity index (χ3v) is 2.83. The Bertz CT molecular complexity index is 463. The molecule has 2 heterocycles. The Balaban J connectivity index is 1.72. The van der Waals surface area contributed by atoms with Crippen LogP contribution in [0.25, 0.3) is 11.2 Å². The van der Waals surface area contributed by atoms with Gasteiger partial charge >= 0.3 is 6.01 Å². The number of hydrogen-bond acceptors (Lipinski definition) is 4. The molecule has 1 aliphatic rings. The monoisotopic (exact) mass is 204 g/mol. The largest absolute Gasteiger partial charge is 0.463 e. The average Bonchev–Trinajstić information content (AvgIpc) is 2.62. The lowest BCUT2D eigenvalue weighted by molar-refractivity contribution is 0.170. The topological polar surface area (TPSA) is 63.7 Å². The SMILES string of the molecule is c1nc2nc(OCC3CCC3)ncc2[nH]1. The molecule has 0 spiro atoms. The predicted octanol–water partition coefficient (Wildman–Crippen LogP) is 1.53. The first-order valence-electron chi connectivity index (χ1n) is 5.21. The zero-order valence-corrected chi connectivity index (χ0v) is 8.31. The number of nitrogens with zero attached hydrogens (tertiary/aromatic N) is 3. The van der Waals surface area contributed by atoms with E-state index in [0.717, 1.165) is 12.1 Å². The van der Waals surface area contributed by atoms with Crippen molar-refractivity contribution in [3.8, 4) is 6.01 Å². The molecule has 0 radical (unpaired) electrons. The Morgan fingerprint density at radius 3 is 3.13 bits per heavy atom. The number of imidazole rings is 1. The summed E-state index contributed by atoms with van der Waals surface area (Å²) in [6.07, 6.45) is 7.17. The van der Waals surface area contributed by atoms with Gasteiger partial charge in [-0.3, -0.25) is 0 Å². The summed E-state index contributed by atoms with van der Waals surface area (Å²) in [5.74, 6) is 0.698. The second-order valence-electron chi connectivity index (χ2n) is 3.90. The number of fused-ring (bicyclic) bond motifs is 1. The van der Waals surface area contributed by atoms with Gasteiger partial charge in [0.05, 0.1) is 19.1 Å². The van der Waals surface area contributed by atoms with Crippen LogP contribution >= 0.6 is 0 Å². The first-order valence-corrected chi connectivity index (χ1v) is 5.21. The van der Waals surface area contributed by atoms with Crippen LogP contribution in [0, 0.1) is 5.92 Å². The molecule has 1 fully saturated rings. The Kier molecular flexibility index (Phi) is 2.01. The van der Waals surface area contributed by atoms with E-state index in [1.54, 1.807) is 12.5 Å². The van der Waals surface area contributed by atoms with Crippen LogP contribution in [0.4, 0.5) is 0 Å². The molecule has 2 aromatic heterocycles. The standard InChI is InChI=1S/C10H12N4O/c1-2-7(3-1)5-15-10-11-4-8-9(14-10)13-6-12-8/h4,6-7H,1-3,5H2,(H,11,12,13,14). The van der Waals surface area contributed by atoms with Crippen molar-refractivity contribution in [2.75, 3.05) is 6.61 Å². The van der Waals surface area contributed by atoms with Gasteiger partial charge in [0.1, 0.15) is 5.52 Å². The predicted molar refractivity (Wildman–Crippen MR) is 54.5 cm³/mol. The summed E-state index contributed by atoms with van der Waals surface area (Å²) in [6.45, 7) is 0.732. The van der Waals surface area contributed by atoms with Gasteiger partial charge in [-0.05, 0) is 18.8 Å². The minimum Gasteiger partial charge on any atom is -0.463 e. The van der Waals surface area contributed by atoms with Crippen molar-refractivity contribution in [1.82, 2.24) is 19.9 Å². The second kappa shape index (κ2) is 3.49. The molecule has 15 heavy (non-hydrogen) atoms. The van der Waals surface area contributed by atoms with Gasteiger partial charge in [-0.1, -0.05) is 6.42 Å². The lowest BCUT2D eigenvalue weighted by atomic mass is 9.86. The highest BCUT2D eigenvalue weighted by molar-refractivity contribution is 5.68. The summed E-state index contributed by atoms with van der Waals surface area (Å²) in [7, 11) is 0. The van der Waals surface area contributed by atoms with Crippen molar-refractivity contribution in [3.63, 3.8) is 0 Å². The van der Waals surface area contributed by atoms with Crippen molar-refractivity contribution in [3.05, 3.63) is 12.5 Å². The van der Waals surface area contributed by atoms with Gasteiger partial charge in [0.15, 0.2) is 5.65 Å². The number of aromatic nitrogens is 4. The number of nitrogens with one attached hydrogen (secondary N) is 1. The number of rotatable bonds is 3. The Hall–Kier alpha value is -1.65. The molecule has 0 aliphatic heterocycles. The quantitative estimate of drug-likeness (QED) is 0.823. The normalized spacial score (nSPS) is 16.5. The van der Waals surface area contributed by atoms with E-state index in [-0.39, 0.29) is 0 Å². The molecule has 1 saturated carbocycles. The molecule has 0 unspecified atom stereocenters. The minimum absolute atomic E-state index is 0.432. The van der Waals surface area contributed by atoms with Crippen LogP contribution in [0.2, 0.25) is 0 Å². The van der Waals surface area contributed by atoms with Crippen molar-refractivity contribution < 1.29 is 4.74 Å². The van der Waals surface area contributed by atoms with Gasteiger partial charge < -0.3 is 9.72 Å². The summed E-state index contributed by atoms with van der Waals surface area (Å²) in [6, 6.07) is 0.432. The molecule has 78 valence electrons. The molecule has 1 N–H and O–H groups in total. The van der Waals surface area contributed by atoms with Gasteiger partial charge in [-0.25, -0.2) is 9.97 Å². The van der Waals surface area contributed by atoms with E-state index in [0.29, 0.717) is 17.6 Å². The third kappa shape index (κ3) is 1.65. The summed E-state index contributed by atoms with van der Waals surface area (Å²) in [5, 5.41) is 0. The zero-order valence-electron chi connectivity index (χ0n) is 8.31. The molecule has 0 saturated heterocycles. The van der Waals surface area contributed by atoms with Crippen LogP contribution < -0.4 is 4.74 Å². The summed E-state index contributed by atoms with van der Waals surface area (Å²) in [4.78, 5) is 15.3. The van der Waals surface area contributed by atoms with E-state index in [2.05, 4.69) is 19.9 Å². The fraction of sp³-hybridized carbons (Fsp3) is 0.500. The van der Waals surface area contributed by atoms with Gasteiger partial charge in [-0.2, -0.15) is 4.98 Å². The molecule has 0 atom stereocenters. The van der Waals surface area contributed by atoms with Crippen molar-refractivity contribution in [2.45, 2.75) is 19.3 Å². The van der Waals surface area contributed by atoms with Crippen LogP contribution in [-0.2, 0) is 0 Å². The molecule has 0 amide bonds. The smallest absolute Gasteiger partial charge is 0.318 e. The minimum atomic E-state index is 0.432. The van der Waals surface area contributed by atoms with E-state index in [9.17, 15) is 0 Å². The third-order valence-electron chi connectivity index (χ3n) is 2.83. The second-order valence-corrected chi connectivity index (χ2v) is 3.90. The first-order chi connectivity index (χ1) is 7.42. The van der Waals surface area contributed by atoms with E-state index in [4.69, 9.17) is 4.74 Å². The van der Waals surface area contributed by atoms with Crippen molar-refractivity contribution in [1.29, 1.82) is 0 Å². The van der Waals surface area contributed by atoms with Gasteiger partial charge in [0, 0.05) is 0 Å². The van der Waals surface area contributed by atoms with E-state index in [1.165, 1.54) is 19.3 Å². The molecule has 2 aromatic rings. The highest BCUT2D eigenvalue weighted by Crippen LogP contribution is 2.26. The summed E-state index contributed by atoms with van der Waals surface area (Å²) >= 11 is 0. The molecule has 0 bridgehead atoms. The molecular formula is C10H12N4O. The maximum Gasteiger partial charge on any atom is 0.318 e. The van der Waals surface area contributed by atoms with Gasteiger partial charge in [-0.15, -0.1) is 0 Å². The molecule has 1 aliphatic carbocycles. The van der Waals surface area contributed by atoms with Crippen molar-refractivity contribution >= 4 is 11.2 Å². The number of hydrogen-bond donors (Lipinski definition) is 1. The molecule has 5 heteroatoms. The fourth-order valence-corrected chi connectivity index (χ4v) is 1.64. The first kappa shape index (κ1) is 8.64. The van der Waals surface area contributed by atoms with Crippen LogP contribution in [-0.4, -0.2) is 26.5 Å². The lowest BCUT2D eigenvalue weighted by Crippen LogP contribution is -2.19. The Morgan fingerprint density at radius 1 is 1.40 bits per heavy atom. The number of H-pyrrole nitrogens is 1. The van der Waals surface area contributed by atoms with E-state index >= 15 is 0 Å². The van der Waals surface area contributed by atoms with Crippen LogP contribution in [0.1, 0.15) is 19.3 Å². The Labute approximate surface area is 86.9 Å². The highest BCUT2D eigenvalue weighted by Gasteiger charge is 2.18. The highest BCUT2D eigenvalue weighted by atomic mass is 16.5. The van der Waals surface area contributed by atoms with Crippen LogP contribution in [0.5, 0.6) is 6.01 Å².